The predicted octanol–water partition coefficient (Wildman–Crippen LogP) is 2.64. The summed E-state index contributed by atoms with van der Waals surface area (Å²) in [5.74, 6) is -2.06. The Bertz CT molecular complexity index is 948. The molecule has 2 fully saturated rings. The third-order valence-corrected chi connectivity index (χ3v) is 5.49. The maximum absolute atomic E-state index is 12.7. The Kier molecular flexibility index (Phi) is 6.90. The maximum Gasteiger partial charge on any atom is 0.319 e. The third-order valence-electron chi connectivity index (χ3n) is 5.49. The molecule has 0 aliphatic carbocycles. The van der Waals surface area contributed by atoms with Crippen LogP contribution in [0.5, 0.6) is 0 Å². The summed E-state index contributed by atoms with van der Waals surface area (Å²) in [6.45, 7) is 14.5. The Balaban J connectivity index is 2.20. The third kappa shape index (κ3) is 4.20. The SMILES string of the molecule is CC(C)N1C(=O)C(=O)N(C(C)C)C1=Nc1ccccc1N=C1N(C(C)C)C(=O)C(=O)N1C(C)C. The zero-order chi connectivity index (χ0) is 25.5. The molecule has 2 saturated heterocycles. The highest BCUT2D eigenvalue weighted by atomic mass is 16.2. The quantitative estimate of drug-likeness (QED) is 0.598. The molecule has 182 valence electrons. The molecule has 0 radical (unpaired) electrons. The van der Waals surface area contributed by atoms with Crippen molar-refractivity contribution in [3.8, 4) is 0 Å². The van der Waals surface area contributed by atoms with E-state index in [2.05, 4.69) is 0 Å². The Hall–Kier alpha value is -3.56. The van der Waals surface area contributed by atoms with Gasteiger partial charge < -0.3 is 0 Å². The van der Waals surface area contributed by atoms with Crippen LogP contribution in [-0.4, -0.2) is 79.3 Å². The Morgan fingerprint density at radius 1 is 0.500 bits per heavy atom. The van der Waals surface area contributed by atoms with Crippen molar-refractivity contribution in [2.24, 2.45) is 9.98 Å². The summed E-state index contributed by atoms with van der Waals surface area (Å²) >= 11 is 0. The minimum absolute atomic E-state index is 0.229. The lowest BCUT2D eigenvalue weighted by Crippen LogP contribution is -2.42. The molecule has 2 heterocycles. The van der Waals surface area contributed by atoms with Crippen LogP contribution in [-0.2, 0) is 19.2 Å². The first kappa shape index (κ1) is 25.1. The van der Waals surface area contributed by atoms with Crippen molar-refractivity contribution in [2.75, 3.05) is 0 Å². The number of carbonyl (C=O) groups excluding carboxylic acids is 4. The van der Waals surface area contributed by atoms with Gasteiger partial charge in [0, 0.05) is 24.2 Å². The number of carbonyl (C=O) groups is 4. The van der Waals surface area contributed by atoms with Crippen LogP contribution in [0.1, 0.15) is 55.4 Å². The van der Waals surface area contributed by atoms with Crippen molar-refractivity contribution >= 4 is 46.9 Å². The lowest BCUT2D eigenvalue weighted by atomic mass is 10.2. The van der Waals surface area contributed by atoms with E-state index in [0.29, 0.717) is 11.4 Å². The van der Waals surface area contributed by atoms with E-state index >= 15 is 0 Å². The number of hydrogen-bond acceptors (Lipinski definition) is 6. The summed E-state index contributed by atoms with van der Waals surface area (Å²) in [6, 6.07) is 5.85. The molecule has 10 heteroatoms. The highest BCUT2D eigenvalue weighted by Crippen LogP contribution is 2.32. The zero-order valence-corrected chi connectivity index (χ0v) is 20.9. The van der Waals surface area contributed by atoms with Gasteiger partial charge in [-0.2, -0.15) is 0 Å². The molecule has 2 aliphatic rings. The Labute approximate surface area is 199 Å². The lowest BCUT2D eigenvalue weighted by molar-refractivity contribution is -0.144. The van der Waals surface area contributed by atoms with Crippen LogP contribution in [0.3, 0.4) is 0 Å². The van der Waals surface area contributed by atoms with Crippen LogP contribution in [0.4, 0.5) is 11.4 Å². The predicted molar refractivity (Wildman–Crippen MR) is 129 cm³/mol. The minimum atomic E-state index is -0.629. The van der Waals surface area contributed by atoms with Crippen LogP contribution in [0.2, 0.25) is 0 Å². The molecule has 4 amide bonds. The Morgan fingerprint density at radius 3 is 0.941 bits per heavy atom. The largest absolute Gasteiger partial charge is 0.319 e. The molecule has 0 spiro atoms. The Morgan fingerprint density at radius 2 is 0.735 bits per heavy atom. The van der Waals surface area contributed by atoms with Gasteiger partial charge in [-0.05, 0) is 67.5 Å². The van der Waals surface area contributed by atoms with Crippen molar-refractivity contribution in [3.05, 3.63) is 24.3 Å². The van der Waals surface area contributed by atoms with E-state index in [1.54, 1.807) is 24.3 Å². The first-order valence-corrected chi connectivity index (χ1v) is 11.5. The molecule has 1 aromatic carbocycles. The van der Waals surface area contributed by atoms with Crippen LogP contribution < -0.4 is 0 Å². The summed E-state index contributed by atoms with van der Waals surface area (Å²) in [5.41, 5.74) is 0.811. The van der Waals surface area contributed by atoms with E-state index in [0.717, 1.165) is 0 Å². The fraction of sp³-hybridized carbons (Fsp3) is 0.500. The van der Waals surface area contributed by atoms with Crippen LogP contribution >= 0.6 is 0 Å². The van der Waals surface area contributed by atoms with E-state index in [1.807, 2.05) is 55.4 Å². The second-order valence-corrected chi connectivity index (χ2v) is 9.39. The average Bonchev–Trinajstić information content (AvgIpc) is 3.13. The molecule has 0 saturated carbocycles. The van der Waals surface area contributed by atoms with Gasteiger partial charge >= 0.3 is 23.6 Å². The van der Waals surface area contributed by atoms with Crippen molar-refractivity contribution in [3.63, 3.8) is 0 Å². The molecular weight excluding hydrogens is 436 g/mol. The van der Waals surface area contributed by atoms with Gasteiger partial charge in [-0.25, -0.2) is 9.98 Å². The summed E-state index contributed by atoms with van der Waals surface area (Å²) in [4.78, 5) is 65.6. The first-order valence-electron chi connectivity index (χ1n) is 11.5. The highest BCUT2D eigenvalue weighted by molar-refractivity contribution is 6.46. The van der Waals surface area contributed by atoms with Gasteiger partial charge in [-0.1, -0.05) is 12.1 Å². The molecule has 0 unspecified atom stereocenters. The van der Waals surface area contributed by atoms with Crippen molar-refractivity contribution in [2.45, 2.75) is 79.6 Å². The van der Waals surface area contributed by atoms with Crippen molar-refractivity contribution in [1.29, 1.82) is 0 Å². The molecule has 0 N–H and O–H groups in total. The van der Waals surface area contributed by atoms with Gasteiger partial charge in [0.2, 0.25) is 11.9 Å². The minimum Gasteiger partial charge on any atom is -0.271 e. The molecule has 2 aliphatic heterocycles. The van der Waals surface area contributed by atoms with Crippen molar-refractivity contribution < 1.29 is 19.2 Å². The van der Waals surface area contributed by atoms with Gasteiger partial charge in [0.25, 0.3) is 0 Å². The van der Waals surface area contributed by atoms with E-state index in [9.17, 15) is 19.2 Å². The van der Waals surface area contributed by atoms with Gasteiger partial charge in [-0.3, -0.25) is 38.8 Å². The van der Waals surface area contributed by atoms with E-state index in [-0.39, 0.29) is 36.1 Å². The van der Waals surface area contributed by atoms with Crippen LogP contribution in [0.25, 0.3) is 0 Å². The monoisotopic (exact) mass is 468 g/mol. The lowest BCUT2D eigenvalue weighted by Gasteiger charge is -2.26. The molecule has 0 bridgehead atoms. The van der Waals surface area contributed by atoms with Crippen LogP contribution in [0, 0.1) is 0 Å². The molecule has 0 atom stereocenters. The molecule has 3 rings (SSSR count). The topological polar surface area (TPSA) is 106 Å². The highest BCUT2D eigenvalue weighted by Gasteiger charge is 2.46. The summed E-state index contributed by atoms with van der Waals surface area (Å²) in [6.07, 6.45) is 0. The molecule has 0 aromatic heterocycles. The van der Waals surface area contributed by atoms with E-state index in [4.69, 9.17) is 9.98 Å². The number of hydrogen-bond donors (Lipinski definition) is 0. The second kappa shape index (κ2) is 9.36. The number of guanidine groups is 2. The van der Waals surface area contributed by atoms with Gasteiger partial charge in [0.05, 0.1) is 11.4 Å². The number of para-hydroxylation sites is 2. The zero-order valence-electron chi connectivity index (χ0n) is 20.9. The summed E-state index contributed by atoms with van der Waals surface area (Å²) in [7, 11) is 0. The summed E-state index contributed by atoms with van der Waals surface area (Å²) in [5, 5.41) is 0. The van der Waals surface area contributed by atoms with E-state index < -0.39 is 23.6 Å². The molecular formula is C24H32N6O4. The van der Waals surface area contributed by atoms with Crippen molar-refractivity contribution in [1.82, 2.24) is 19.6 Å². The normalized spacial score (nSPS) is 17.2. The standard InChI is InChI=1S/C24H32N6O4/c1-13(2)27-19(31)20(32)28(14(3)4)23(27)25-17-11-9-10-12-18(17)26-24-29(15(5)6)21(33)22(34)30(24)16(7)8/h9-16H,1-8H3. The molecule has 1 aromatic rings. The van der Waals surface area contributed by atoms with E-state index in [1.165, 1.54) is 19.6 Å². The smallest absolute Gasteiger partial charge is 0.271 e. The second-order valence-electron chi connectivity index (χ2n) is 9.39. The van der Waals surface area contributed by atoms with Crippen LogP contribution in [0.15, 0.2) is 34.3 Å². The first-order chi connectivity index (χ1) is 15.9. The summed E-state index contributed by atoms with van der Waals surface area (Å²) < 4.78 is 0. The number of aliphatic imine (C=N–C) groups is 2. The maximum atomic E-state index is 12.7. The number of benzene rings is 1. The number of nitrogens with zero attached hydrogens (tertiary/aromatic N) is 6. The number of amides is 4. The fourth-order valence-corrected chi connectivity index (χ4v) is 3.95. The molecule has 10 nitrogen and oxygen atoms in total. The average molecular weight is 469 g/mol. The fourth-order valence-electron chi connectivity index (χ4n) is 3.95. The number of rotatable bonds is 6. The van der Waals surface area contributed by atoms with Gasteiger partial charge in [-0.15, -0.1) is 0 Å². The molecule has 34 heavy (non-hydrogen) atoms. The van der Waals surface area contributed by atoms with Gasteiger partial charge in [0.15, 0.2) is 0 Å². The van der Waals surface area contributed by atoms with Gasteiger partial charge in [0.1, 0.15) is 0 Å².